The van der Waals surface area contributed by atoms with E-state index in [-0.39, 0.29) is 5.82 Å². The number of aryl methyl sites for hydroxylation is 1. The van der Waals surface area contributed by atoms with Crippen LogP contribution >= 0.6 is 0 Å². The molecule has 1 aromatic carbocycles. The van der Waals surface area contributed by atoms with E-state index < -0.39 is 0 Å². The van der Waals surface area contributed by atoms with Crippen molar-refractivity contribution in [3.8, 4) is 0 Å². The van der Waals surface area contributed by atoms with Gasteiger partial charge in [-0.1, -0.05) is 24.0 Å². The molecule has 0 fully saturated rings. The average molecular weight is 191 g/mol. The van der Waals surface area contributed by atoms with Gasteiger partial charge in [0.1, 0.15) is 5.52 Å². The van der Waals surface area contributed by atoms with E-state index in [1.807, 2.05) is 0 Å². The smallest absolute Gasteiger partial charge is 0.367 e. The largest absolute Gasteiger partial charge is 0.772 e. The topological polar surface area (TPSA) is 63.9 Å². The highest BCUT2D eigenvalue weighted by Gasteiger charge is 2.13. The molecule has 0 saturated heterocycles. The molecule has 0 saturated carbocycles. The standard InChI is InChI=1S/C9H9N3O2/c1-2-9-10-12(14)8-6-4-3-5-7(8)11(9)13/h3-6H,2H2,1H3. The molecule has 2 aromatic rings. The van der Waals surface area contributed by atoms with Crippen molar-refractivity contribution in [1.29, 1.82) is 0 Å². The maximum atomic E-state index is 11.6. The van der Waals surface area contributed by atoms with Crippen LogP contribution in [-0.2, 0) is 6.42 Å². The maximum Gasteiger partial charge on any atom is 0.367 e. The Morgan fingerprint density at radius 1 is 1.50 bits per heavy atom. The van der Waals surface area contributed by atoms with Crippen LogP contribution in [0.4, 0.5) is 0 Å². The van der Waals surface area contributed by atoms with Crippen molar-refractivity contribution >= 4 is 11.0 Å². The van der Waals surface area contributed by atoms with Crippen LogP contribution in [0.15, 0.2) is 24.3 Å². The second-order valence-electron chi connectivity index (χ2n) is 2.93. The third-order valence-corrected chi connectivity index (χ3v) is 2.06. The zero-order valence-electron chi connectivity index (χ0n) is 7.67. The van der Waals surface area contributed by atoms with E-state index >= 15 is 0 Å². The molecule has 1 heterocycles. The van der Waals surface area contributed by atoms with Crippen molar-refractivity contribution in [3.05, 3.63) is 40.2 Å². The van der Waals surface area contributed by atoms with E-state index in [2.05, 4.69) is 5.10 Å². The van der Waals surface area contributed by atoms with Gasteiger partial charge in [-0.25, -0.2) is 0 Å². The Kier molecular flexibility index (Phi) is 1.92. The zero-order chi connectivity index (χ0) is 10.1. The average Bonchev–Trinajstić information content (AvgIpc) is 2.23. The van der Waals surface area contributed by atoms with E-state index in [0.717, 1.165) is 0 Å². The van der Waals surface area contributed by atoms with Gasteiger partial charge in [0.2, 0.25) is 5.52 Å². The fourth-order valence-corrected chi connectivity index (χ4v) is 1.35. The first-order chi connectivity index (χ1) is 6.74. The predicted octanol–water partition coefficient (Wildman–Crippen LogP) is 0.859. The third kappa shape index (κ3) is 1.14. The number of rotatable bonds is 1. The molecule has 0 bridgehead atoms. The number of fused-ring (bicyclic) bond motifs is 1. The molecule has 5 heteroatoms. The summed E-state index contributed by atoms with van der Waals surface area (Å²) in [5.41, 5.74) is 0.647. The molecule has 14 heavy (non-hydrogen) atoms. The molecule has 72 valence electrons. The lowest BCUT2D eigenvalue weighted by Crippen LogP contribution is -2.26. The summed E-state index contributed by atoms with van der Waals surface area (Å²) < 4.78 is 0.698. The van der Waals surface area contributed by atoms with Crippen LogP contribution in [0, 0.1) is 10.1 Å². The Bertz CT molecular complexity index is 533. The monoisotopic (exact) mass is 191 g/mol. The minimum Gasteiger partial charge on any atom is -0.772 e. The summed E-state index contributed by atoms with van der Waals surface area (Å²) in [7, 11) is 0. The summed E-state index contributed by atoms with van der Waals surface area (Å²) in [5, 5.41) is 15.0. The molecular formula is C9H9N3O2. The van der Waals surface area contributed by atoms with Crippen molar-refractivity contribution in [2.75, 3.05) is 0 Å². The van der Waals surface area contributed by atoms with Crippen LogP contribution < -0.4 is 4.43 Å². The van der Waals surface area contributed by atoms with Gasteiger partial charge in [-0.05, 0) is 12.1 Å². The molecule has 0 spiro atoms. The van der Waals surface area contributed by atoms with E-state index in [0.29, 0.717) is 26.7 Å². The summed E-state index contributed by atoms with van der Waals surface area (Å²) in [5.74, 6) is 0.235. The molecule has 2 rings (SSSR count). The van der Waals surface area contributed by atoms with Gasteiger partial charge in [0.05, 0.1) is 11.5 Å². The lowest BCUT2D eigenvalue weighted by atomic mass is 10.3. The predicted molar refractivity (Wildman–Crippen MR) is 51.2 cm³/mol. The van der Waals surface area contributed by atoms with Gasteiger partial charge >= 0.3 is 5.82 Å². The second-order valence-corrected chi connectivity index (χ2v) is 2.93. The highest BCUT2D eigenvalue weighted by molar-refractivity contribution is 5.70. The summed E-state index contributed by atoms with van der Waals surface area (Å²) >= 11 is 0. The van der Waals surface area contributed by atoms with E-state index in [1.165, 1.54) is 0 Å². The van der Waals surface area contributed by atoms with Crippen molar-refractivity contribution in [3.63, 3.8) is 0 Å². The van der Waals surface area contributed by atoms with E-state index in [4.69, 9.17) is 0 Å². The summed E-state index contributed by atoms with van der Waals surface area (Å²) in [6.07, 6.45) is 0.441. The summed E-state index contributed by atoms with van der Waals surface area (Å²) in [6.45, 7) is 1.78. The number of benzene rings is 1. The van der Waals surface area contributed by atoms with Crippen molar-refractivity contribution in [2.45, 2.75) is 13.3 Å². The van der Waals surface area contributed by atoms with Crippen LogP contribution in [0.3, 0.4) is 0 Å². The molecule has 0 aliphatic heterocycles. The molecule has 0 aliphatic rings. The highest BCUT2D eigenvalue weighted by Crippen LogP contribution is 2.06. The molecule has 0 radical (unpaired) electrons. The molecule has 5 nitrogen and oxygen atoms in total. The quantitative estimate of drug-likeness (QED) is 0.628. The summed E-state index contributed by atoms with van der Waals surface area (Å²) in [4.78, 5) is 12.1. The van der Waals surface area contributed by atoms with Gasteiger partial charge in [-0.3, -0.25) is 0 Å². The Hall–Kier alpha value is -1.91. The third-order valence-electron chi connectivity index (χ3n) is 2.06. The van der Waals surface area contributed by atoms with Gasteiger partial charge in [-0.15, -0.1) is 0 Å². The molecule has 1 aromatic heterocycles. The first-order valence-corrected chi connectivity index (χ1v) is 4.35. The van der Waals surface area contributed by atoms with E-state index in [9.17, 15) is 10.1 Å². The Labute approximate surface area is 79.8 Å². The van der Waals surface area contributed by atoms with Gasteiger partial charge in [0.15, 0.2) is 0 Å². The van der Waals surface area contributed by atoms with Gasteiger partial charge in [0, 0.05) is 4.43 Å². The van der Waals surface area contributed by atoms with Crippen molar-refractivity contribution in [1.82, 2.24) is 9.94 Å². The maximum absolute atomic E-state index is 11.6. The minimum absolute atomic E-state index is 0.235. The fraction of sp³-hybridized carbons (Fsp3) is 0.222. The van der Waals surface area contributed by atoms with Crippen LogP contribution in [0.5, 0.6) is 0 Å². The number of para-hydroxylation sites is 2. The van der Waals surface area contributed by atoms with Gasteiger partial charge < -0.3 is 5.21 Å². The first kappa shape index (κ1) is 8.68. The second kappa shape index (κ2) is 3.10. The fourth-order valence-electron chi connectivity index (χ4n) is 1.35. The molecule has 0 atom stereocenters. The summed E-state index contributed by atoms with van der Waals surface area (Å²) in [6, 6.07) is 6.60. The van der Waals surface area contributed by atoms with Crippen molar-refractivity contribution < 1.29 is 4.43 Å². The van der Waals surface area contributed by atoms with Gasteiger partial charge in [0.25, 0.3) is 0 Å². The number of nitrogens with zero attached hydrogens (tertiary/aromatic N) is 3. The molecule has 0 amide bonds. The van der Waals surface area contributed by atoms with Crippen molar-refractivity contribution in [2.24, 2.45) is 0 Å². The van der Waals surface area contributed by atoms with Gasteiger partial charge in [-0.2, -0.15) is 4.85 Å². The Morgan fingerprint density at radius 3 is 2.93 bits per heavy atom. The normalized spacial score (nSPS) is 10.6. The molecule has 0 N–H and O–H groups in total. The van der Waals surface area contributed by atoms with Crippen LogP contribution in [0.25, 0.3) is 11.0 Å². The van der Waals surface area contributed by atoms with Crippen LogP contribution in [0.2, 0.25) is 0 Å². The zero-order valence-corrected chi connectivity index (χ0v) is 7.67. The lowest BCUT2D eigenvalue weighted by molar-refractivity contribution is -0.480. The Morgan fingerprint density at radius 2 is 2.21 bits per heavy atom. The molecular weight excluding hydrogens is 182 g/mol. The molecule has 0 aliphatic carbocycles. The lowest BCUT2D eigenvalue weighted by Gasteiger charge is -2.04. The van der Waals surface area contributed by atoms with Crippen LogP contribution in [0.1, 0.15) is 12.7 Å². The highest BCUT2D eigenvalue weighted by atomic mass is 16.5. The van der Waals surface area contributed by atoms with E-state index in [1.54, 1.807) is 31.2 Å². The number of aromatic nitrogens is 3. The minimum atomic E-state index is 0.235. The van der Waals surface area contributed by atoms with Crippen LogP contribution in [-0.4, -0.2) is 9.94 Å². The first-order valence-electron chi connectivity index (χ1n) is 4.35. The molecule has 0 unspecified atom stereocenters. The Balaban J connectivity index is 2.95. The number of hydrogen-bond donors (Lipinski definition) is 0. The number of hydrogen-bond acceptors (Lipinski definition) is 3. The SMILES string of the molecule is CCc1nn([O-])c2ccccc2[n+]1=O.